The molecule has 4 nitrogen and oxygen atoms in total. The van der Waals surface area contributed by atoms with Crippen molar-refractivity contribution in [2.24, 2.45) is 11.8 Å². The van der Waals surface area contributed by atoms with Crippen LogP contribution in [-0.2, 0) is 9.47 Å². The second-order valence-corrected chi connectivity index (χ2v) is 9.42. The highest BCUT2D eigenvalue weighted by Crippen LogP contribution is 2.31. The van der Waals surface area contributed by atoms with Crippen molar-refractivity contribution in [2.45, 2.75) is 57.5 Å². The van der Waals surface area contributed by atoms with Gasteiger partial charge >= 0.3 is 0 Å². The zero-order valence-corrected chi connectivity index (χ0v) is 20.4. The number of ether oxygens (including phenoxy) is 2. The molecule has 180 valence electrons. The van der Waals surface area contributed by atoms with Crippen molar-refractivity contribution in [3.8, 4) is 0 Å². The average molecular weight is 452 g/mol. The van der Waals surface area contributed by atoms with Crippen LogP contribution in [0.15, 0.2) is 54.6 Å². The van der Waals surface area contributed by atoms with Gasteiger partial charge in [-0.3, -0.25) is 4.79 Å². The van der Waals surface area contributed by atoms with Crippen molar-refractivity contribution in [1.82, 2.24) is 5.32 Å². The molecule has 0 amide bonds. The molecule has 2 aromatic carbocycles. The molecule has 0 radical (unpaired) electrons. The van der Waals surface area contributed by atoms with Gasteiger partial charge < -0.3 is 14.8 Å². The Hall–Kier alpha value is -2.01. The molecule has 0 saturated heterocycles. The maximum atomic E-state index is 13.3. The first-order chi connectivity index (χ1) is 16.2. The Bertz CT molecular complexity index is 817. The van der Waals surface area contributed by atoms with Gasteiger partial charge in [-0.15, -0.1) is 0 Å². The fraction of sp³-hybridized carbons (Fsp3) is 0.552. The van der Waals surface area contributed by atoms with Crippen LogP contribution in [0, 0.1) is 11.8 Å². The molecule has 3 rings (SSSR count). The van der Waals surface area contributed by atoms with Crippen molar-refractivity contribution in [3.05, 3.63) is 71.3 Å². The van der Waals surface area contributed by atoms with Crippen LogP contribution in [0.4, 0.5) is 0 Å². The van der Waals surface area contributed by atoms with Crippen molar-refractivity contribution in [1.29, 1.82) is 0 Å². The molecule has 0 bridgehead atoms. The van der Waals surface area contributed by atoms with E-state index in [0.29, 0.717) is 25.6 Å². The highest BCUT2D eigenvalue weighted by atomic mass is 16.5. The molecule has 1 aliphatic rings. The maximum absolute atomic E-state index is 13.3. The summed E-state index contributed by atoms with van der Waals surface area (Å²) in [6.07, 6.45) is 9.11. The van der Waals surface area contributed by atoms with Crippen LogP contribution in [0.25, 0.3) is 0 Å². The van der Waals surface area contributed by atoms with Gasteiger partial charge in [0, 0.05) is 25.7 Å². The second kappa shape index (κ2) is 14.3. The van der Waals surface area contributed by atoms with Gasteiger partial charge in [-0.25, -0.2) is 0 Å². The molecule has 1 saturated carbocycles. The Labute approximate surface area is 200 Å². The van der Waals surface area contributed by atoms with Gasteiger partial charge in [0.25, 0.3) is 0 Å². The minimum atomic E-state index is -0.189. The lowest BCUT2D eigenvalue weighted by Crippen LogP contribution is -2.25. The molecule has 1 N–H and O–H groups in total. The first-order valence-corrected chi connectivity index (χ1v) is 12.6. The highest BCUT2D eigenvalue weighted by Gasteiger charge is 2.22. The number of nitrogens with one attached hydrogen (secondary N) is 1. The predicted octanol–water partition coefficient (Wildman–Crippen LogP) is 6.21. The molecular formula is C29H41NO3. The number of carbonyl (C=O) groups is 1. The predicted molar refractivity (Wildman–Crippen MR) is 135 cm³/mol. The number of ketones is 1. The van der Waals surface area contributed by atoms with Crippen LogP contribution in [0.5, 0.6) is 0 Å². The summed E-state index contributed by atoms with van der Waals surface area (Å²) < 4.78 is 11.4. The standard InChI is InChI=1S/C29H41NO3/c1-30-22-24(19-23-11-5-3-6-12-23)20-28(31)26-15-9-16-27(21-26)29(33-18-10-17-32-2)25-13-7-4-8-14-25/h4,7-9,13-16,21,23-24,29-30H,3,5-6,10-12,17-20,22H2,1-2H3/t24-,29+/m1/s1. The van der Waals surface area contributed by atoms with Gasteiger partial charge in [-0.1, -0.05) is 80.6 Å². The van der Waals surface area contributed by atoms with Crippen molar-refractivity contribution >= 4 is 5.78 Å². The van der Waals surface area contributed by atoms with Gasteiger partial charge in [-0.2, -0.15) is 0 Å². The van der Waals surface area contributed by atoms with Crippen LogP contribution >= 0.6 is 0 Å². The van der Waals surface area contributed by atoms with Gasteiger partial charge in [0.2, 0.25) is 0 Å². The number of benzene rings is 2. The summed E-state index contributed by atoms with van der Waals surface area (Å²) in [6.45, 7) is 2.18. The molecule has 4 heteroatoms. The number of hydrogen-bond acceptors (Lipinski definition) is 4. The van der Waals surface area contributed by atoms with Crippen LogP contribution < -0.4 is 5.32 Å². The Morgan fingerprint density at radius 2 is 1.76 bits per heavy atom. The van der Waals surface area contributed by atoms with E-state index in [-0.39, 0.29) is 11.9 Å². The lowest BCUT2D eigenvalue weighted by Gasteiger charge is -2.26. The van der Waals surface area contributed by atoms with E-state index in [1.807, 2.05) is 43.4 Å². The molecule has 2 atom stereocenters. The summed E-state index contributed by atoms with van der Waals surface area (Å²) in [5, 5.41) is 3.32. The van der Waals surface area contributed by atoms with Crippen molar-refractivity contribution in [2.75, 3.05) is 33.9 Å². The Kier molecular flexibility index (Phi) is 11.1. The minimum absolute atomic E-state index is 0.189. The lowest BCUT2D eigenvalue weighted by molar-refractivity contribution is 0.0617. The number of methoxy groups -OCH3 is 1. The lowest BCUT2D eigenvalue weighted by atomic mass is 9.81. The van der Waals surface area contributed by atoms with Crippen molar-refractivity contribution < 1.29 is 14.3 Å². The van der Waals surface area contributed by atoms with Gasteiger partial charge in [-0.05, 0) is 55.5 Å². The largest absolute Gasteiger partial charge is 0.385 e. The fourth-order valence-corrected chi connectivity index (χ4v) is 5.09. The third-order valence-corrected chi connectivity index (χ3v) is 6.75. The molecule has 0 spiro atoms. The topological polar surface area (TPSA) is 47.6 Å². The van der Waals surface area contributed by atoms with E-state index in [0.717, 1.165) is 42.0 Å². The number of rotatable bonds is 14. The van der Waals surface area contributed by atoms with Gasteiger partial charge in [0.15, 0.2) is 5.78 Å². The first kappa shape index (κ1) is 25.6. The summed E-state index contributed by atoms with van der Waals surface area (Å²) >= 11 is 0. The quantitative estimate of drug-likeness (QED) is 0.274. The van der Waals surface area contributed by atoms with Gasteiger partial charge in [0.05, 0.1) is 6.61 Å². The van der Waals surface area contributed by atoms with E-state index < -0.39 is 0 Å². The molecule has 0 aliphatic heterocycles. The van der Waals surface area contributed by atoms with Crippen LogP contribution in [0.3, 0.4) is 0 Å². The van der Waals surface area contributed by atoms with Crippen LogP contribution in [-0.4, -0.2) is 39.7 Å². The third kappa shape index (κ3) is 8.37. The Morgan fingerprint density at radius 3 is 2.48 bits per heavy atom. The number of Topliss-reactive ketones (excluding diaryl/α,β-unsaturated/α-hetero) is 1. The average Bonchev–Trinajstić information content (AvgIpc) is 2.85. The second-order valence-electron chi connectivity index (χ2n) is 9.42. The van der Waals surface area contributed by atoms with E-state index in [9.17, 15) is 4.79 Å². The van der Waals surface area contributed by atoms with Crippen LogP contribution in [0.1, 0.15) is 79.0 Å². The monoisotopic (exact) mass is 451 g/mol. The number of hydrogen-bond donors (Lipinski definition) is 1. The first-order valence-electron chi connectivity index (χ1n) is 12.6. The molecule has 0 unspecified atom stereocenters. The summed E-state index contributed by atoms with van der Waals surface area (Å²) in [4.78, 5) is 13.3. The molecule has 2 aromatic rings. The summed E-state index contributed by atoms with van der Waals surface area (Å²) in [6, 6.07) is 18.3. The van der Waals surface area contributed by atoms with E-state index >= 15 is 0 Å². The highest BCUT2D eigenvalue weighted by molar-refractivity contribution is 5.96. The van der Waals surface area contributed by atoms with Crippen molar-refractivity contribution in [3.63, 3.8) is 0 Å². The van der Waals surface area contributed by atoms with E-state index in [4.69, 9.17) is 9.47 Å². The SMILES string of the molecule is CNC[C@@H](CC(=O)c1cccc([C@@H](OCCCOC)c2ccccc2)c1)CC1CCCCC1. The third-order valence-electron chi connectivity index (χ3n) is 6.75. The molecule has 1 aliphatic carbocycles. The zero-order chi connectivity index (χ0) is 23.3. The summed E-state index contributed by atoms with van der Waals surface area (Å²) in [5.74, 6) is 1.41. The Balaban J connectivity index is 1.71. The van der Waals surface area contributed by atoms with E-state index in [1.165, 1.54) is 32.1 Å². The van der Waals surface area contributed by atoms with E-state index in [1.54, 1.807) is 7.11 Å². The van der Waals surface area contributed by atoms with Gasteiger partial charge in [0.1, 0.15) is 6.10 Å². The molecule has 33 heavy (non-hydrogen) atoms. The minimum Gasteiger partial charge on any atom is -0.385 e. The Morgan fingerprint density at radius 1 is 1.00 bits per heavy atom. The zero-order valence-electron chi connectivity index (χ0n) is 20.4. The normalized spacial score (nSPS) is 16.4. The summed E-state index contributed by atoms with van der Waals surface area (Å²) in [7, 11) is 3.70. The smallest absolute Gasteiger partial charge is 0.163 e. The summed E-state index contributed by atoms with van der Waals surface area (Å²) in [5.41, 5.74) is 2.92. The maximum Gasteiger partial charge on any atom is 0.163 e. The number of carbonyl (C=O) groups excluding carboxylic acids is 1. The fourth-order valence-electron chi connectivity index (χ4n) is 5.09. The van der Waals surface area contributed by atoms with Crippen LogP contribution in [0.2, 0.25) is 0 Å². The molecular weight excluding hydrogens is 410 g/mol. The molecule has 0 aromatic heterocycles. The molecule has 0 heterocycles. The van der Waals surface area contributed by atoms with E-state index in [2.05, 4.69) is 23.5 Å². The molecule has 1 fully saturated rings.